The molecule has 3 N–H and O–H groups in total. The minimum absolute atomic E-state index is 0.0431. The molecule has 0 saturated carbocycles. The number of nitrogens with zero attached hydrogens (tertiary/aromatic N) is 2. The van der Waals surface area contributed by atoms with Gasteiger partial charge in [0, 0.05) is 25.9 Å². The number of carbonyl (C=O) groups excluding carboxylic acids is 2. The molecule has 0 aliphatic carbocycles. The van der Waals surface area contributed by atoms with E-state index in [-0.39, 0.29) is 36.1 Å². The lowest BCUT2D eigenvalue weighted by Gasteiger charge is -2.43. The van der Waals surface area contributed by atoms with Gasteiger partial charge in [-0.1, -0.05) is 135 Å². The minimum atomic E-state index is -0.367. The zero-order chi connectivity index (χ0) is 38.1. The summed E-state index contributed by atoms with van der Waals surface area (Å²) in [5, 5.41) is 23.7. The van der Waals surface area contributed by atoms with E-state index < -0.39 is 0 Å². The third-order valence-electron chi connectivity index (χ3n) is 13.0. The molecule has 2 fully saturated rings. The third kappa shape index (κ3) is 18.9. The van der Waals surface area contributed by atoms with E-state index in [9.17, 15) is 19.8 Å². The molecule has 0 spiro atoms. The van der Waals surface area contributed by atoms with Crippen LogP contribution in [0.3, 0.4) is 0 Å². The number of unbranched alkanes of at least 4 members (excludes halogenated alkanes) is 15. The maximum atomic E-state index is 12.2. The summed E-state index contributed by atoms with van der Waals surface area (Å²) in [7, 11) is 2.07. The van der Waals surface area contributed by atoms with Gasteiger partial charge in [0.15, 0.2) is 0 Å². The van der Waals surface area contributed by atoms with Gasteiger partial charge in [0.1, 0.15) is 0 Å². The standard InChI is InChI=1S/C45H87N3O4/c1-36(25-19-15-11-7-9-13-17-21-28-42-30-32-44(51)37(2)47(42)39(4)49)35-41(27-23-24-34-46-6)26-20-16-12-8-10-14-18-22-29-43-31-33-45(52)38(3)48(43)40(5)50/h36-38,41-46,51-52H,7-35H2,1-6H3/t36?,37-,38-,41?,42+,43+,44-,45-/m0/s1. The number of rotatable bonds is 29. The highest BCUT2D eigenvalue weighted by Gasteiger charge is 2.35. The van der Waals surface area contributed by atoms with E-state index in [1.165, 1.54) is 141 Å². The number of piperidine rings is 2. The molecule has 2 unspecified atom stereocenters. The number of aliphatic hydroxyl groups is 2. The van der Waals surface area contributed by atoms with Gasteiger partial charge in [0.25, 0.3) is 0 Å². The normalized spacial score (nSPS) is 25.0. The van der Waals surface area contributed by atoms with Crippen LogP contribution in [0.2, 0.25) is 0 Å². The Balaban J connectivity index is 1.49. The zero-order valence-corrected chi connectivity index (χ0v) is 35.2. The lowest BCUT2D eigenvalue weighted by atomic mass is 9.85. The van der Waals surface area contributed by atoms with Crippen LogP contribution >= 0.6 is 0 Å². The maximum absolute atomic E-state index is 12.2. The lowest BCUT2D eigenvalue weighted by molar-refractivity contribution is -0.141. The van der Waals surface area contributed by atoms with Crippen LogP contribution in [0.15, 0.2) is 0 Å². The monoisotopic (exact) mass is 734 g/mol. The first-order chi connectivity index (χ1) is 25.1. The molecule has 8 atom stereocenters. The Hall–Kier alpha value is -1.18. The van der Waals surface area contributed by atoms with E-state index in [1.807, 2.05) is 23.6 Å². The summed E-state index contributed by atoms with van der Waals surface area (Å²) in [6.45, 7) is 11.0. The molecular weight excluding hydrogens is 647 g/mol. The predicted molar refractivity (Wildman–Crippen MR) is 219 cm³/mol. The van der Waals surface area contributed by atoms with Crippen molar-refractivity contribution in [2.24, 2.45) is 11.8 Å². The molecule has 2 amide bonds. The Labute approximate surface area is 322 Å². The molecule has 306 valence electrons. The quantitative estimate of drug-likeness (QED) is 0.0666. The number of likely N-dealkylation sites (tertiary alicyclic amines) is 2. The van der Waals surface area contributed by atoms with Crippen LogP contribution in [0.4, 0.5) is 0 Å². The molecule has 7 nitrogen and oxygen atoms in total. The van der Waals surface area contributed by atoms with Crippen molar-refractivity contribution in [1.82, 2.24) is 15.1 Å². The fourth-order valence-corrected chi connectivity index (χ4v) is 9.79. The van der Waals surface area contributed by atoms with Crippen molar-refractivity contribution >= 4 is 11.8 Å². The van der Waals surface area contributed by atoms with Crippen LogP contribution in [0.1, 0.15) is 214 Å². The topological polar surface area (TPSA) is 93.1 Å². The molecule has 0 aromatic rings. The molecule has 7 heteroatoms. The van der Waals surface area contributed by atoms with Gasteiger partial charge in [-0.15, -0.1) is 0 Å². The van der Waals surface area contributed by atoms with Gasteiger partial charge < -0.3 is 25.3 Å². The number of carbonyl (C=O) groups is 2. The van der Waals surface area contributed by atoms with E-state index >= 15 is 0 Å². The van der Waals surface area contributed by atoms with Crippen LogP contribution in [0.5, 0.6) is 0 Å². The lowest BCUT2D eigenvalue weighted by Crippen LogP contribution is -2.53. The maximum Gasteiger partial charge on any atom is 0.220 e. The largest absolute Gasteiger partial charge is 0.391 e. The molecule has 2 saturated heterocycles. The molecule has 2 aliphatic rings. The first-order valence-electron chi connectivity index (χ1n) is 22.6. The highest BCUT2D eigenvalue weighted by atomic mass is 16.3. The Kier molecular flexibility index (Phi) is 25.5. The smallest absolute Gasteiger partial charge is 0.220 e. The van der Waals surface area contributed by atoms with Crippen molar-refractivity contribution in [2.75, 3.05) is 13.6 Å². The summed E-state index contributed by atoms with van der Waals surface area (Å²) < 4.78 is 0. The molecule has 0 aromatic heterocycles. The minimum Gasteiger partial charge on any atom is -0.391 e. The van der Waals surface area contributed by atoms with Gasteiger partial charge in [-0.25, -0.2) is 0 Å². The number of nitrogens with one attached hydrogen (secondary N) is 1. The fraction of sp³-hybridized carbons (Fsp3) is 0.956. The molecule has 2 aliphatic heterocycles. The average molecular weight is 734 g/mol. The molecule has 0 bridgehead atoms. The summed E-state index contributed by atoms with van der Waals surface area (Å²) in [5.74, 6) is 1.97. The fourth-order valence-electron chi connectivity index (χ4n) is 9.79. The van der Waals surface area contributed by atoms with Crippen LogP contribution in [-0.4, -0.2) is 81.8 Å². The predicted octanol–water partition coefficient (Wildman–Crippen LogP) is 10.3. The van der Waals surface area contributed by atoms with Crippen LogP contribution in [0, 0.1) is 11.8 Å². The number of hydrogen-bond acceptors (Lipinski definition) is 5. The van der Waals surface area contributed by atoms with Gasteiger partial charge in [-0.3, -0.25) is 9.59 Å². The second-order valence-corrected chi connectivity index (χ2v) is 17.5. The van der Waals surface area contributed by atoms with E-state index in [0.29, 0.717) is 12.1 Å². The molecule has 2 heterocycles. The number of amides is 2. The van der Waals surface area contributed by atoms with Crippen molar-refractivity contribution in [1.29, 1.82) is 0 Å². The first kappa shape index (κ1) is 47.0. The van der Waals surface area contributed by atoms with Crippen molar-refractivity contribution in [3.63, 3.8) is 0 Å². The second kappa shape index (κ2) is 28.3. The Morgan fingerprint density at radius 3 is 1.35 bits per heavy atom. The second-order valence-electron chi connectivity index (χ2n) is 17.5. The van der Waals surface area contributed by atoms with Crippen molar-refractivity contribution in [3.8, 4) is 0 Å². The molecule has 2 rings (SSSR count). The Bertz CT molecular complexity index is 917. The van der Waals surface area contributed by atoms with Crippen molar-refractivity contribution in [2.45, 2.75) is 251 Å². The molecule has 0 aromatic carbocycles. The summed E-state index contributed by atoms with van der Waals surface area (Å²) >= 11 is 0. The Morgan fingerprint density at radius 1 is 0.577 bits per heavy atom. The highest BCUT2D eigenvalue weighted by molar-refractivity contribution is 5.74. The van der Waals surface area contributed by atoms with Crippen LogP contribution in [0.25, 0.3) is 0 Å². The van der Waals surface area contributed by atoms with Crippen LogP contribution < -0.4 is 5.32 Å². The summed E-state index contributed by atoms with van der Waals surface area (Å²) in [4.78, 5) is 28.2. The number of hydrogen-bond donors (Lipinski definition) is 3. The van der Waals surface area contributed by atoms with Gasteiger partial charge >= 0.3 is 0 Å². The summed E-state index contributed by atoms with van der Waals surface area (Å²) in [6.07, 6.45) is 34.5. The summed E-state index contributed by atoms with van der Waals surface area (Å²) in [5.41, 5.74) is 0. The summed E-state index contributed by atoms with van der Waals surface area (Å²) in [6, 6.07) is 0.550. The van der Waals surface area contributed by atoms with Gasteiger partial charge in [-0.2, -0.15) is 0 Å². The van der Waals surface area contributed by atoms with Crippen molar-refractivity contribution < 1.29 is 19.8 Å². The Morgan fingerprint density at radius 2 is 0.942 bits per heavy atom. The zero-order valence-electron chi connectivity index (χ0n) is 35.2. The van der Waals surface area contributed by atoms with Crippen LogP contribution in [-0.2, 0) is 9.59 Å². The SMILES string of the molecule is CNCCCCC(CCCCCCCCCC[C@@H]1CC[C@H](O)[C@H](C)N1C(C)=O)CC(C)CCCCCCCCCC[C@@H]1CC[C@H](O)[C@H](C)N1C(C)=O. The average Bonchev–Trinajstić information content (AvgIpc) is 3.10. The molecule has 0 radical (unpaired) electrons. The molecule has 52 heavy (non-hydrogen) atoms. The van der Waals surface area contributed by atoms with Gasteiger partial charge in [-0.05, 0) is 90.6 Å². The highest BCUT2D eigenvalue weighted by Crippen LogP contribution is 2.30. The van der Waals surface area contributed by atoms with Crippen molar-refractivity contribution in [3.05, 3.63) is 0 Å². The van der Waals surface area contributed by atoms with Gasteiger partial charge in [0.05, 0.1) is 24.3 Å². The number of aliphatic hydroxyl groups excluding tert-OH is 2. The first-order valence-corrected chi connectivity index (χ1v) is 22.6. The molecular formula is C45H87N3O4. The van der Waals surface area contributed by atoms with E-state index in [1.54, 1.807) is 13.8 Å². The third-order valence-corrected chi connectivity index (χ3v) is 13.0. The van der Waals surface area contributed by atoms with E-state index in [0.717, 1.165) is 56.9 Å². The van der Waals surface area contributed by atoms with Gasteiger partial charge in [0.2, 0.25) is 11.8 Å². The van der Waals surface area contributed by atoms with E-state index in [4.69, 9.17) is 0 Å². The van der Waals surface area contributed by atoms with E-state index in [2.05, 4.69) is 19.3 Å².